The van der Waals surface area contributed by atoms with Gasteiger partial charge >= 0.3 is 0 Å². The van der Waals surface area contributed by atoms with Crippen LogP contribution < -0.4 is 0 Å². The number of carbonyl (C=O) groups is 2. The molecule has 0 bridgehead atoms. The third-order valence-corrected chi connectivity index (χ3v) is 5.20. The zero-order chi connectivity index (χ0) is 16.5. The summed E-state index contributed by atoms with van der Waals surface area (Å²) in [4.78, 5) is 23.8. The number of hydrogen-bond donors (Lipinski definition) is 0. The fraction of sp³-hybridized carbons (Fsp3) is 0.273. The lowest BCUT2D eigenvalue weighted by Crippen LogP contribution is -2.25. The highest BCUT2D eigenvalue weighted by Crippen LogP contribution is 2.31. The molecular formula is C22H20O2. The zero-order valence-corrected chi connectivity index (χ0v) is 13.6. The van der Waals surface area contributed by atoms with Crippen LogP contribution in [0.15, 0.2) is 54.6 Å². The topological polar surface area (TPSA) is 34.1 Å². The quantitative estimate of drug-likeness (QED) is 0.646. The molecule has 1 aliphatic carbocycles. The van der Waals surface area contributed by atoms with E-state index in [-0.39, 0.29) is 17.5 Å². The van der Waals surface area contributed by atoms with Crippen LogP contribution in [0.25, 0.3) is 21.5 Å². The molecule has 1 fully saturated rings. The van der Waals surface area contributed by atoms with Crippen LogP contribution in [0.5, 0.6) is 0 Å². The van der Waals surface area contributed by atoms with E-state index in [2.05, 4.69) is 54.6 Å². The Kier molecular flexibility index (Phi) is 3.89. The summed E-state index contributed by atoms with van der Waals surface area (Å²) in [6.07, 6.45) is 2.92. The summed E-state index contributed by atoms with van der Waals surface area (Å²) in [6.45, 7) is 0. The number of carbonyl (C=O) groups excluding carboxylic acids is 2. The maximum Gasteiger partial charge on any atom is 0.136 e. The molecule has 1 unspecified atom stereocenters. The van der Waals surface area contributed by atoms with Crippen LogP contribution >= 0.6 is 0 Å². The maximum absolute atomic E-state index is 12.1. The number of fused-ring (bicyclic) bond motifs is 3. The van der Waals surface area contributed by atoms with Crippen molar-refractivity contribution < 1.29 is 9.59 Å². The lowest BCUT2D eigenvalue weighted by Gasteiger charge is -2.20. The number of hydrogen-bond acceptors (Lipinski definition) is 2. The third kappa shape index (κ3) is 2.73. The molecule has 3 aromatic rings. The first-order valence-corrected chi connectivity index (χ1v) is 8.66. The van der Waals surface area contributed by atoms with E-state index < -0.39 is 0 Å². The number of rotatable bonds is 3. The van der Waals surface area contributed by atoms with E-state index >= 15 is 0 Å². The molecule has 1 aliphatic rings. The number of ketones is 2. The van der Waals surface area contributed by atoms with Crippen molar-refractivity contribution in [3.05, 3.63) is 60.2 Å². The lowest BCUT2D eigenvalue weighted by molar-refractivity contribution is -0.133. The van der Waals surface area contributed by atoms with E-state index in [9.17, 15) is 9.59 Å². The first kappa shape index (κ1) is 15.1. The second kappa shape index (κ2) is 6.20. The zero-order valence-electron chi connectivity index (χ0n) is 13.6. The molecule has 0 amide bonds. The molecule has 0 N–H and O–H groups in total. The van der Waals surface area contributed by atoms with Crippen LogP contribution in [0.4, 0.5) is 0 Å². The van der Waals surface area contributed by atoms with Gasteiger partial charge in [-0.25, -0.2) is 0 Å². The van der Waals surface area contributed by atoms with Gasteiger partial charge in [0.15, 0.2) is 0 Å². The molecule has 4 rings (SSSR count). The van der Waals surface area contributed by atoms with Crippen molar-refractivity contribution in [1.82, 2.24) is 0 Å². The fourth-order valence-corrected chi connectivity index (χ4v) is 3.89. The number of Topliss-reactive ketones (excluding diaryl/α,β-unsaturated/α-hetero) is 2. The summed E-state index contributed by atoms with van der Waals surface area (Å²) in [5, 5.41) is 5.01. The monoisotopic (exact) mass is 316 g/mol. The SMILES string of the molecule is O=C1CCC(=O)C(CCc2cc3ccccc3c3ccccc23)C1. The Balaban J connectivity index is 1.70. The highest BCUT2D eigenvalue weighted by Gasteiger charge is 2.26. The Morgan fingerprint density at radius 1 is 0.833 bits per heavy atom. The minimum Gasteiger partial charge on any atom is -0.300 e. The normalized spacial score (nSPS) is 18.4. The van der Waals surface area contributed by atoms with Gasteiger partial charge in [-0.15, -0.1) is 0 Å². The molecule has 0 aliphatic heterocycles. The summed E-state index contributed by atoms with van der Waals surface area (Å²) < 4.78 is 0. The van der Waals surface area contributed by atoms with Gasteiger partial charge in [-0.05, 0) is 39.9 Å². The number of aryl methyl sites for hydroxylation is 1. The predicted octanol–water partition coefficient (Wildman–Crippen LogP) is 4.86. The van der Waals surface area contributed by atoms with Crippen molar-refractivity contribution in [2.45, 2.75) is 32.1 Å². The maximum atomic E-state index is 12.1. The number of benzene rings is 3. The molecule has 1 saturated carbocycles. The van der Waals surface area contributed by atoms with E-state index in [1.54, 1.807) is 0 Å². The molecule has 120 valence electrons. The average Bonchev–Trinajstić information content (AvgIpc) is 2.62. The van der Waals surface area contributed by atoms with Gasteiger partial charge in [0.25, 0.3) is 0 Å². The average molecular weight is 316 g/mol. The van der Waals surface area contributed by atoms with E-state index in [4.69, 9.17) is 0 Å². The van der Waals surface area contributed by atoms with Crippen LogP contribution in [-0.4, -0.2) is 11.6 Å². The van der Waals surface area contributed by atoms with Crippen molar-refractivity contribution in [2.24, 2.45) is 5.92 Å². The third-order valence-electron chi connectivity index (χ3n) is 5.20. The minimum atomic E-state index is -0.0866. The molecule has 2 nitrogen and oxygen atoms in total. The summed E-state index contributed by atoms with van der Waals surface area (Å²) in [5.41, 5.74) is 1.27. The summed E-state index contributed by atoms with van der Waals surface area (Å²) >= 11 is 0. The minimum absolute atomic E-state index is 0.0866. The van der Waals surface area contributed by atoms with Crippen LogP contribution in [0.3, 0.4) is 0 Å². The molecule has 2 heteroatoms. The highest BCUT2D eigenvalue weighted by molar-refractivity contribution is 6.09. The van der Waals surface area contributed by atoms with E-state index in [1.807, 2.05) is 0 Å². The summed E-state index contributed by atoms with van der Waals surface area (Å²) in [5.74, 6) is 0.416. The molecule has 0 radical (unpaired) electrons. The predicted molar refractivity (Wildman–Crippen MR) is 97.1 cm³/mol. The van der Waals surface area contributed by atoms with Crippen LogP contribution in [-0.2, 0) is 16.0 Å². The van der Waals surface area contributed by atoms with Gasteiger partial charge in [0.1, 0.15) is 11.6 Å². The van der Waals surface area contributed by atoms with Crippen molar-refractivity contribution in [3.8, 4) is 0 Å². The molecule has 0 aromatic heterocycles. The Hall–Kier alpha value is -2.48. The van der Waals surface area contributed by atoms with Gasteiger partial charge in [0, 0.05) is 25.2 Å². The smallest absolute Gasteiger partial charge is 0.136 e. The van der Waals surface area contributed by atoms with Crippen molar-refractivity contribution in [3.63, 3.8) is 0 Å². The molecule has 1 atom stereocenters. The van der Waals surface area contributed by atoms with Crippen LogP contribution in [0.1, 0.15) is 31.2 Å². The molecule has 0 spiro atoms. The second-order valence-electron chi connectivity index (χ2n) is 6.75. The second-order valence-corrected chi connectivity index (χ2v) is 6.75. The molecule has 24 heavy (non-hydrogen) atoms. The Morgan fingerprint density at radius 2 is 1.54 bits per heavy atom. The fourth-order valence-electron chi connectivity index (χ4n) is 3.89. The van der Waals surface area contributed by atoms with Gasteiger partial charge in [0.2, 0.25) is 0 Å². The standard InChI is InChI=1S/C22H20O2/c23-18-11-12-22(24)17(14-18)10-9-16-13-15-5-1-2-6-19(15)21-8-4-3-7-20(16)21/h1-8,13,17H,9-12,14H2. The van der Waals surface area contributed by atoms with E-state index in [1.165, 1.54) is 27.1 Å². The van der Waals surface area contributed by atoms with Gasteiger partial charge in [-0.3, -0.25) is 9.59 Å². The molecule has 0 heterocycles. The summed E-state index contributed by atoms with van der Waals surface area (Å²) in [6, 6.07) is 19.1. The first-order valence-electron chi connectivity index (χ1n) is 8.66. The Bertz CT molecular complexity index is 939. The van der Waals surface area contributed by atoms with Gasteiger partial charge in [-0.2, -0.15) is 0 Å². The van der Waals surface area contributed by atoms with Crippen LogP contribution in [0, 0.1) is 5.92 Å². The van der Waals surface area contributed by atoms with E-state index in [0.29, 0.717) is 19.3 Å². The Labute approximate surface area is 141 Å². The van der Waals surface area contributed by atoms with Crippen molar-refractivity contribution in [2.75, 3.05) is 0 Å². The lowest BCUT2D eigenvalue weighted by atomic mass is 9.82. The van der Waals surface area contributed by atoms with E-state index in [0.717, 1.165) is 12.8 Å². The van der Waals surface area contributed by atoms with Crippen LogP contribution in [0.2, 0.25) is 0 Å². The van der Waals surface area contributed by atoms with Crippen molar-refractivity contribution >= 4 is 33.1 Å². The van der Waals surface area contributed by atoms with Gasteiger partial charge < -0.3 is 0 Å². The summed E-state index contributed by atoms with van der Waals surface area (Å²) in [7, 11) is 0. The molecule has 0 saturated heterocycles. The molecular weight excluding hydrogens is 296 g/mol. The van der Waals surface area contributed by atoms with Crippen molar-refractivity contribution in [1.29, 1.82) is 0 Å². The van der Waals surface area contributed by atoms with Gasteiger partial charge in [0.05, 0.1) is 0 Å². The first-order chi connectivity index (χ1) is 11.7. The molecule has 3 aromatic carbocycles. The highest BCUT2D eigenvalue weighted by atomic mass is 16.1. The Morgan fingerprint density at radius 3 is 2.38 bits per heavy atom. The largest absolute Gasteiger partial charge is 0.300 e. The van der Waals surface area contributed by atoms with Gasteiger partial charge in [-0.1, -0.05) is 54.6 Å².